The molecule has 94 valence electrons. The second-order valence-electron chi connectivity index (χ2n) is 4.09. The summed E-state index contributed by atoms with van der Waals surface area (Å²) in [6.45, 7) is 2.05. The van der Waals surface area contributed by atoms with Gasteiger partial charge in [-0.25, -0.2) is 4.98 Å². The number of aryl methyl sites for hydroxylation is 1. The van der Waals surface area contributed by atoms with Gasteiger partial charge in [-0.15, -0.1) is 0 Å². The van der Waals surface area contributed by atoms with Crippen LogP contribution in [-0.4, -0.2) is 9.97 Å². The van der Waals surface area contributed by atoms with E-state index < -0.39 is 0 Å². The van der Waals surface area contributed by atoms with E-state index in [1.165, 1.54) is 6.07 Å². The van der Waals surface area contributed by atoms with Crippen LogP contribution in [0, 0.1) is 0 Å². The Kier molecular flexibility index (Phi) is 3.62. The molecule has 0 fully saturated rings. The largest absolute Gasteiger partial charge is 0.399 e. The Morgan fingerprint density at radius 2 is 2.22 bits per heavy atom. The average molecular weight is 244 g/mol. The van der Waals surface area contributed by atoms with E-state index in [4.69, 9.17) is 5.73 Å². The van der Waals surface area contributed by atoms with Gasteiger partial charge in [0.25, 0.3) is 5.56 Å². The number of aromatic nitrogens is 2. The zero-order chi connectivity index (χ0) is 13.0. The van der Waals surface area contributed by atoms with E-state index in [1.807, 2.05) is 19.1 Å². The smallest absolute Gasteiger partial charge is 0.252 e. The zero-order valence-corrected chi connectivity index (χ0v) is 10.2. The number of nitrogens with zero attached hydrogens (tertiary/aromatic N) is 1. The molecule has 2 rings (SSSR count). The maximum atomic E-state index is 11.5. The molecule has 0 spiro atoms. The molecular formula is C13H16N4O. The Bertz CT molecular complexity index is 592. The van der Waals surface area contributed by atoms with Crippen LogP contribution in [0.3, 0.4) is 0 Å². The Balaban J connectivity index is 2.26. The summed E-state index contributed by atoms with van der Waals surface area (Å²) in [7, 11) is 0. The minimum atomic E-state index is -0.153. The maximum Gasteiger partial charge on any atom is 0.252 e. The molecule has 0 unspecified atom stereocenters. The van der Waals surface area contributed by atoms with E-state index in [1.54, 1.807) is 12.1 Å². The van der Waals surface area contributed by atoms with Crippen LogP contribution < -0.4 is 16.6 Å². The number of H-pyrrole nitrogens is 1. The lowest BCUT2D eigenvalue weighted by atomic mass is 10.2. The molecule has 4 N–H and O–H groups in total. The van der Waals surface area contributed by atoms with Crippen molar-refractivity contribution in [3.05, 3.63) is 46.4 Å². The fourth-order valence-electron chi connectivity index (χ4n) is 1.70. The Morgan fingerprint density at radius 3 is 2.94 bits per heavy atom. The molecule has 0 saturated heterocycles. The molecule has 5 heteroatoms. The molecule has 18 heavy (non-hydrogen) atoms. The fourth-order valence-corrected chi connectivity index (χ4v) is 1.70. The summed E-state index contributed by atoms with van der Waals surface area (Å²) in [6, 6.07) is 8.81. The average Bonchev–Trinajstić information content (AvgIpc) is 2.28. The number of nitrogens with one attached hydrogen (secondary N) is 2. The number of anilines is 3. The molecule has 0 bridgehead atoms. The minimum Gasteiger partial charge on any atom is -0.399 e. The van der Waals surface area contributed by atoms with E-state index in [0.717, 1.165) is 24.2 Å². The van der Waals surface area contributed by atoms with Crippen LogP contribution in [0.4, 0.5) is 17.3 Å². The van der Waals surface area contributed by atoms with Crippen LogP contribution >= 0.6 is 0 Å². The first-order valence-electron chi connectivity index (χ1n) is 5.90. The van der Waals surface area contributed by atoms with Crippen LogP contribution in [0.25, 0.3) is 0 Å². The van der Waals surface area contributed by atoms with Gasteiger partial charge in [-0.2, -0.15) is 0 Å². The van der Waals surface area contributed by atoms with Crippen molar-refractivity contribution in [1.29, 1.82) is 0 Å². The Hall–Kier alpha value is -2.30. The van der Waals surface area contributed by atoms with Crippen LogP contribution in [-0.2, 0) is 6.42 Å². The molecule has 0 saturated carbocycles. The number of nitrogens with two attached hydrogens (primary N) is 1. The minimum absolute atomic E-state index is 0.153. The van der Waals surface area contributed by atoms with Crippen LogP contribution in [0.15, 0.2) is 35.1 Å². The summed E-state index contributed by atoms with van der Waals surface area (Å²) in [4.78, 5) is 18.5. The molecule has 1 aromatic carbocycles. The van der Waals surface area contributed by atoms with Gasteiger partial charge in [-0.05, 0) is 24.6 Å². The summed E-state index contributed by atoms with van der Waals surface area (Å²) in [6.07, 6.45) is 1.74. The summed E-state index contributed by atoms with van der Waals surface area (Å²) in [5, 5.41) is 3.04. The van der Waals surface area contributed by atoms with Gasteiger partial charge in [0.05, 0.1) is 0 Å². The van der Waals surface area contributed by atoms with Crippen molar-refractivity contribution >= 4 is 17.3 Å². The van der Waals surface area contributed by atoms with Crippen molar-refractivity contribution in [3.8, 4) is 0 Å². The van der Waals surface area contributed by atoms with Crippen molar-refractivity contribution in [2.75, 3.05) is 11.1 Å². The molecule has 0 aliphatic rings. The van der Waals surface area contributed by atoms with Crippen molar-refractivity contribution in [3.63, 3.8) is 0 Å². The van der Waals surface area contributed by atoms with Gasteiger partial charge < -0.3 is 11.1 Å². The lowest BCUT2D eigenvalue weighted by Crippen LogP contribution is -2.12. The lowest BCUT2D eigenvalue weighted by molar-refractivity contribution is 0.870. The molecule has 0 aliphatic heterocycles. The highest BCUT2D eigenvalue weighted by atomic mass is 16.1. The maximum absolute atomic E-state index is 11.5. The van der Waals surface area contributed by atoms with Crippen molar-refractivity contribution in [2.45, 2.75) is 19.8 Å². The molecule has 0 aliphatic carbocycles. The Labute approximate surface area is 105 Å². The molecule has 5 nitrogen and oxygen atoms in total. The first kappa shape index (κ1) is 12.2. The predicted octanol–water partition coefficient (Wildman–Crippen LogP) is 2.05. The van der Waals surface area contributed by atoms with Gasteiger partial charge >= 0.3 is 0 Å². The highest BCUT2D eigenvalue weighted by molar-refractivity contribution is 5.59. The van der Waals surface area contributed by atoms with Crippen LogP contribution in [0.2, 0.25) is 0 Å². The number of aromatic amines is 1. The van der Waals surface area contributed by atoms with Crippen LogP contribution in [0.1, 0.15) is 19.0 Å². The Morgan fingerprint density at radius 1 is 1.39 bits per heavy atom. The molecule has 1 aromatic heterocycles. The highest BCUT2D eigenvalue weighted by Crippen LogP contribution is 2.15. The van der Waals surface area contributed by atoms with Gasteiger partial charge in [-0.1, -0.05) is 19.4 Å². The monoisotopic (exact) mass is 244 g/mol. The SMILES string of the molecule is CCCc1cc(=O)[nH]c(Nc2cccc(N)c2)n1. The third-order valence-electron chi connectivity index (χ3n) is 2.45. The highest BCUT2D eigenvalue weighted by Gasteiger charge is 2.01. The third-order valence-corrected chi connectivity index (χ3v) is 2.45. The van der Waals surface area contributed by atoms with Crippen molar-refractivity contribution in [2.24, 2.45) is 0 Å². The summed E-state index contributed by atoms with van der Waals surface area (Å²) >= 11 is 0. The second kappa shape index (κ2) is 5.35. The molecule has 1 heterocycles. The number of hydrogen-bond donors (Lipinski definition) is 3. The standard InChI is InChI=1S/C13H16N4O/c1-2-4-10-8-12(18)17-13(15-10)16-11-6-3-5-9(14)7-11/h3,5-8H,2,4,14H2,1H3,(H2,15,16,17,18). The predicted molar refractivity (Wildman–Crippen MR) is 73.0 cm³/mol. The first-order chi connectivity index (χ1) is 8.67. The summed E-state index contributed by atoms with van der Waals surface area (Å²) in [5.74, 6) is 0.441. The van der Waals surface area contributed by atoms with Crippen molar-refractivity contribution < 1.29 is 0 Å². The number of hydrogen-bond acceptors (Lipinski definition) is 4. The van der Waals surface area contributed by atoms with Crippen LogP contribution in [0.5, 0.6) is 0 Å². The van der Waals surface area contributed by atoms with E-state index in [9.17, 15) is 4.79 Å². The quantitative estimate of drug-likeness (QED) is 0.719. The lowest BCUT2D eigenvalue weighted by Gasteiger charge is -2.07. The molecule has 2 aromatic rings. The van der Waals surface area contributed by atoms with Crippen molar-refractivity contribution in [1.82, 2.24) is 9.97 Å². The molecular weight excluding hydrogens is 228 g/mol. The third kappa shape index (κ3) is 3.10. The first-order valence-corrected chi connectivity index (χ1v) is 5.90. The van der Waals surface area contributed by atoms with E-state index >= 15 is 0 Å². The molecule has 0 atom stereocenters. The van der Waals surface area contributed by atoms with E-state index in [2.05, 4.69) is 15.3 Å². The number of nitrogen functional groups attached to an aromatic ring is 1. The normalized spacial score (nSPS) is 10.3. The van der Waals surface area contributed by atoms with Gasteiger partial charge in [0.15, 0.2) is 0 Å². The second-order valence-corrected chi connectivity index (χ2v) is 4.09. The summed E-state index contributed by atoms with van der Waals surface area (Å²) < 4.78 is 0. The topological polar surface area (TPSA) is 83.8 Å². The fraction of sp³-hybridized carbons (Fsp3) is 0.231. The van der Waals surface area contributed by atoms with E-state index in [0.29, 0.717) is 11.6 Å². The number of benzene rings is 1. The van der Waals surface area contributed by atoms with Gasteiger partial charge in [0, 0.05) is 23.1 Å². The van der Waals surface area contributed by atoms with Gasteiger partial charge in [-0.3, -0.25) is 9.78 Å². The summed E-state index contributed by atoms with van der Waals surface area (Å²) in [5.41, 5.74) is 7.78. The molecule has 0 radical (unpaired) electrons. The zero-order valence-electron chi connectivity index (χ0n) is 10.2. The van der Waals surface area contributed by atoms with Gasteiger partial charge in [0.1, 0.15) is 0 Å². The number of rotatable bonds is 4. The molecule has 0 amide bonds. The van der Waals surface area contributed by atoms with Gasteiger partial charge in [0.2, 0.25) is 5.95 Å². The van der Waals surface area contributed by atoms with E-state index in [-0.39, 0.29) is 5.56 Å².